The van der Waals surface area contributed by atoms with Crippen molar-refractivity contribution in [2.45, 2.75) is 6.42 Å². The number of nitrogen functional groups attached to an aromatic ring is 1. The Balaban J connectivity index is 1.56. The van der Waals surface area contributed by atoms with Crippen LogP contribution >= 0.6 is 0 Å². The Kier molecular flexibility index (Phi) is 4.43. The highest BCUT2D eigenvalue weighted by Crippen LogP contribution is 2.32. The van der Waals surface area contributed by atoms with Gasteiger partial charge in [-0.1, -0.05) is 6.07 Å². The van der Waals surface area contributed by atoms with E-state index in [9.17, 15) is 8.78 Å². The molecule has 4 heterocycles. The molecule has 7 nitrogen and oxygen atoms in total. The summed E-state index contributed by atoms with van der Waals surface area (Å²) in [5.74, 6) is -1.06. The topological polar surface area (TPSA) is 98.3 Å². The highest BCUT2D eigenvalue weighted by molar-refractivity contribution is 5.94. The van der Waals surface area contributed by atoms with Crippen LogP contribution in [0.25, 0.3) is 33.4 Å². The van der Waals surface area contributed by atoms with Crippen molar-refractivity contribution in [2.24, 2.45) is 7.05 Å². The maximum Gasteiger partial charge on any atom is 0.135 e. The first-order chi connectivity index (χ1) is 15.0. The SMILES string of the molecule is Cn1cc(-c2n[nH]c3cnc(-c4c(F)cc(Cc5cccnc5N)cc4F)cc23)cn1. The highest BCUT2D eigenvalue weighted by Gasteiger charge is 2.18. The summed E-state index contributed by atoms with van der Waals surface area (Å²) >= 11 is 0. The van der Waals surface area contributed by atoms with Crippen LogP contribution in [0.1, 0.15) is 11.1 Å². The van der Waals surface area contributed by atoms with Crippen molar-refractivity contribution < 1.29 is 8.78 Å². The minimum Gasteiger partial charge on any atom is -0.383 e. The van der Waals surface area contributed by atoms with E-state index < -0.39 is 11.6 Å². The number of anilines is 1. The molecule has 0 radical (unpaired) electrons. The average molecular weight is 417 g/mol. The largest absolute Gasteiger partial charge is 0.383 e. The van der Waals surface area contributed by atoms with Gasteiger partial charge in [-0.25, -0.2) is 13.8 Å². The van der Waals surface area contributed by atoms with Crippen molar-refractivity contribution in [2.75, 3.05) is 5.73 Å². The lowest BCUT2D eigenvalue weighted by atomic mass is 10.0. The normalized spacial score (nSPS) is 11.3. The van der Waals surface area contributed by atoms with Crippen LogP contribution in [0.3, 0.4) is 0 Å². The van der Waals surface area contributed by atoms with E-state index in [2.05, 4.69) is 25.3 Å². The van der Waals surface area contributed by atoms with Crippen LogP contribution < -0.4 is 5.73 Å². The Labute approximate surface area is 175 Å². The summed E-state index contributed by atoms with van der Waals surface area (Å²) in [5.41, 5.74) is 9.08. The Morgan fingerprint density at radius 1 is 1.10 bits per heavy atom. The third kappa shape index (κ3) is 3.39. The fourth-order valence-electron chi connectivity index (χ4n) is 3.61. The van der Waals surface area contributed by atoms with Crippen molar-refractivity contribution in [1.29, 1.82) is 0 Å². The molecule has 0 spiro atoms. The molecule has 5 aromatic rings. The van der Waals surface area contributed by atoms with E-state index in [1.54, 1.807) is 42.3 Å². The number of fused-ring (bicyclic) bond motifs is 1. The van der Waals surface area contributed by atoms with Gasteiger partial charge in [0.15, 0.2) is 0 Å². The second-order valence-electron chi connectivity index (χ2n) is 7.25. The minimum absolute atomic E-state index is 0.182. The summed E-state index contributed by atoms with van der Waals surface area (Å²) in [6, 6.07) is 7.74. The fourth-order valence-corrected chi connectivity index (χ4v) is 3.61. The van der Waals surface area contributed by atoms with Gasteiger partial charge in [-0.15, -0.1) is 0 Å². The Morgan fingerprint density at radius 3 is 2.61 bits per heavy atom. The Morgan fingerprint density at radius 2 is 1.90 bits per heavy atom. The zero-order valence-electron chi connectivity index (χ0n) is 16.5. The number of aromatic nitrogens is 6. The molecule has 0 amide bonds. The van der Waals surface area contributed by atoms with Crippen molar-refractivity contribution in [3.63, 3.8) is 0 Å². The molecule has 0 aliphatic carbocycles. The smallest absolute Gasteiger partial charge is 0.135 e. The van der Waals surface area contributed by atoms with Gasteiger partial charge in [0.25, 0.3) is 0 Å². The van der Waals surface area contributed by atoms with Crippen molar-refractivity contribution in [3.8, 4) is 22.5 Å². The Bertz CT molecular complexity index is 1400. The molecule has 0 saturated carbocycles. The standard InChI is InChI=1S/C22H17F2N7/c1-31-11-14(9-28-31)21-15-8-18(27-10-19(15)29-30-21)20-16(23)6-12(7-17(20)24)5-13-3-2-4-26-22(13)25/h2-4,6-11H,5H2,1H3,(H2,25,26)(H,29,30). The Hall–Kier alpha value is -4.14. The summed E-state index contributed by atoms with van der Waals surface area (Å²) in [6.45, 7) is 0. The predicted molar refractivity (Wildman–Crippen MR) is 113 cm³/mol. The lowest BCUT2D eigenvalue weighted by Gasteiger charge is -2.09. The molecular formula is C22H17F2N7. The summed E-state index contributed by atoms with van der Waals surface area (Å²) in [5, 5.41) is 12.0. The minimum atomic E-state index is -0.698. The molecule has 9 heteroatoms. The van der Waals surface area contributed by atoms with E-state index >= 15 is 0 Å². The van der Waals surface area contributed by atoms with Crippen molar-refractivity contribution >= 4 is 16.7 Å². The van der Waals surface area contributed by atoms with Crippen molar-refractivity contribution in [1.82, 2.24) is 29.9 Å². The molecule has 31 heavy (non-hydrogen) atoms. The van der Waals surface area contributed by atoms with Gasteiger partial charge in [0.05, 0.1) is 29.2 Å². The van der Waals surface area contributed by atoms with Gasteiger partial charge >= 0.3 is 0 Å². The molecule has 0 aliphatic rings. The van der Waals surface area contributed by atoms with E-state index in [4.69, 9.17) is 5.73 Å². The molecule has 154 valence electrons. The molecule has 3 N–H and O–H groups in total. The number of halogens is 2. The number of benzene rings is 1. The number of nitrogens with two attached hydrogens (primary N) is 1. The van der Waals surface area contributed by atoms with Crippen LogP contribution in [0.15, 0.2) is 55.1 Å². The first kappa shape index (κ1) is 18.9. The zero-order chi connectivity index (χ0) is 21.5. The summed E-state index contributed by atoms with van der Waals surface area (Å²) < 4.78 is 31.6. The van der Waals surface area contributed by atoms with Gasteiger partial charge in [-0.3, -0.25) is 14.8 Å². The van der Waals surface area contributed by atoms with Crippen LogP contribution in [-0.2, 0) is 13.5 Å². The third-order valence-electron chi connectivity index (χ3n) is 5.10. The van der Waals surface area contributed by atoms with Gasteiger partial charge in [-0.05, 0) is 35.4 Å². The molecule has 4 aromatic heterocycles. The molecule has 0 atom stereocenters. The molecule has 0 saturated heterocycles. The molecule has 5 rings (SSSR count). The number of nitrogens with zero attached hydrogens (tertiary/aromatic N) is 5. The molecular weight excluding hydrogens is 400 g/mol. The number of pyridine rings is 2. The second-order valence-corrected chi connectivity index (χ2v) is 7.25. The lowest BCUT2D eigenvalue weighted by molar-refractivity contribution is 0.586. The van der Waals surface area contributed by atoms with Gasteiger partial charge in [0, 0.05) is 36.8 Å². The van der Waals surface area contributed by atoms with Crippen LogP contribution in [0, 0.1) is 11.6 Å². The molecule has 1 aromatic carbocycles. The van der Waals surface area contributed by atoms with E-state index in [0.717, 1.165) is 5.56 Å². The quantitative estimate of drug-likeness (QED) is 0.463. The third-order valence-corrected chi connectivity index (χ3v) is 5.10. The average Bonchev–Trinajstić information content (AvgIpc) is 3.35. The van der Waals surface area contributed by atoms with E-state index in [-0.39, 0.29) is 17.7 Å². The van der Waals surface area contributed by atoms with Crippen molar-refractivity contribution in [3.05, 3.63) is 77.9 Å². The first-order valence-corrected chi connectivity index (χ1v) is 9.50. The summed E-state index contributed by atoms with van der Waals surface area (Å²) in [6.07, 6.45) is 6.85. The van der Waals surface area contributed by atoms with Crippen LogP contribution in [0.5, 0.6) is 0 Å². The number of hydrogen-bond acceptors (Lipinski definition) is 5. The number of nitrogens with one attached hydrogen (secondary N) is 1. The monoisotopic (exact) mass is 417 g/mol. The first-order valence-electron chi connectivity index (χ1n) is 9.50. The van der Waals surface area contributed by atoms with Gasteiger partial charge in [0.2, 0.25) is 0 Å². The lowest BCUT2D eigenvalue weighted by Crippen LogP contribution is -2.00. The summed E-state index contributed by atoms with van der Waals surface area (Å²) in [4.78, 5) is 8.25. The van der Waals surface area contributed by atoms with Gasteiger partial charge < -0.3 is 5.73 Å². The number of rotatable bonds is 4. The van der Waals surface area contributed by atoms with Gasteiger partial charge in [0.1, 0.15) is 23.1 Å². The maximum absolute atomic E-state index is 15.0. The second kappa shape index (κ2) is 7.28. The molecule has 0 fully saturated rings. The van der Waals surface area contributed by atoms with E-state index in [1.165, 1.54) is 18.3 Å². The summed E-state index contributed by atoms with van der Waals surface area (Å²) in [7, 11) is 1.80. The number of aryl methyl sites for hydroxylation is 1. The zero-order valence-corrected chi connectivity index (χ0v) is 16.5. The van der Waals surface area contributed by atoms with E-state index in [0.29, 0.717) is 33.5 Å². The number of H-pyrrole nitrogens is 1. The number of hydrogen-bond donors (Lipinski definition) is 2. The van der Waals surface area contributed by atoms with Crippen LogP contribution in [-0.4, -0.2) is 29.9 Å². The number of aromatic amines is 1. The predicted octanol–water partition coefficient (Wildman–Crippen LogP) is 3.87. The molecule has 0 aliphatic heterocycles. The highest BCUT2D eigenvalue weighted by atomic mass is 19.1. The molecule has 0 unspecified atom stereocenters. The van der Waals surface area contributed by atoms with Crippen LogP contribution in [0.2, 0.25) is 0 Å². The van der Waals surface area contributed by atoms with E-state index in [1.807, 2.05) is 6.20 Å². The van der Waals surface area contributed by atoms with Gasteiger partial charge in [-0.2, -0.15) is 10.2 Å². The maximum atomic E-state index is 15.0. The van der Waals surface area contributed by atoms with Crippen LogP contribution in [0.4, 0.5) is 14.6 Å². The fraction of sp³-hybridized carbons (Fsp3) is 0.0909. The molecule has 0 bridgehead atoms.